The summed E-state index contributed by atoms with van der Waals surface area (Å²) >= 11 is 0. The first-order valence-corrected chi connectivity index (χ1v) is 7.48. The lowest BCUT2D eigenvalue weighted by Crippen LogP contribution is -2.42. The molecule has 0 spiro atoms. The molecule has 2 rings (SSSR count). The van der Waals surface area contributed by atoms with Gasteiger partial charge in [0.15, 0.2) is 0 Å². The fourth-order valence-electron chi connectivity index (χ4n) is 2.49. The van der Waals surface area contributed by atoms with Crippen LogP contribution in [0.1, 0.15) is 18.9 Å². The lowest BCUT2D eigenvalue weighted by Gasteiger charge is -2.27. The van der Waals surface area contributed by atoms with Gasteiger partial charge in [-0.3, -0.25) is 4.79 Å². The number of amides is 1. The number of morpholine rings is 1. The molecule has 1 saturated heterocycles. The van der Waals surface area contributed by atoms with Crippen LogP contribution in [-0.2, 0) is 16.0 Å². The van der Waals surface area contributed by atoms with Crippen LogP contribution in [0.3, 0.4) is 0 Å². The number of hydrogen-bond donors (Lipinski definition) is 1. The van der Waals surface area contributed by atoms with E-state index in [1.165, 1.54) is 6.07 Å². The first-order valence-electron chi connectivity index (χ1n) is 7.48. The number of hydrogen-bond acceptors (Lipinski definition) is 3. The molecule has 1 aliphatic heterocycles. The Morgan fingerprint density at radius 3 is 2.90 bits per heavy atom. The third kappa shape index (κ3) is 5.44. The van der Waals surface area contributed by atoms with Crippen molar-refractivity contribution in [3.05, 3.63) is 35.6 Å². The molecular weight excluding hydrogens is 271 g/mol. The summed E-state index contributed by atoms with van der Waals surface area (Å²) in [4.78, 5) is 13.8. The van der Waals surface area contributed by atoms with E-state index in [2.05, 4.69) is 5.32 Å². The fourth-order valence-corrected chi connectivity index (χ4v) is 2.49. The van der Waals surface area contributed by atoms with E-state index in [0.717, 1.165) is 12.0 Å². The monoisotopic (exact) mass is 294 g/mol. The van der Waals surface area contributed by atoms with Gasteiger partial charge in [0.2, 0.25) is 5.91 Å². The second kappa shape index (κ2) is 8.10. The first kappa shape index (κ1) is 15.9. The van der Waals surface area contributed by atoms with Crippen LogP contribution in [0.4, 0.5) is 4.39 Å². The molecule has 1 aliphatic rings. The van der Waals surface area contributed by atoms with E-state index in [-0.39, 0.29) is 17.8 Å². The molecule has 116 valence electrons. The standard InChI is InChI=1S/C16H23FN2O2/c1-13(11-14-3-2-4-15(17)12-14)18-6-5-16(20)19-7-9-21-10-8-19/h2-4,12-13,18H,5-11H2,1H3. The number of nitrogens with zero attached hydrogens (tertiary/aromatic N) is 1. The van der Waals surface area contributed by atoms with Gasteiger partial charge in [0, 0.05) is 32.1 Å². The Bertz CT molecular complexity index is 461. The van der Waals surface area contributed by atoms with Gasteiger partial charge in [-0.05, 0) is 31.0 Å². The minimum atomic E-state index is -0.206. The SMILES string of the molecule is CC(Cc1cccc(F)c1)NCCC(=O)N1CCOCC1. The van der Waals surface area contributed by atoms with Gasteiger partial charge in [-0.1, -0.05) is 12.1 Å². The third-order valence-corrected chi connectivity index (χ3v) is 3.63. The minimum Gasteiger partial charge on any atom is -0.378 e. The van der Waals surface area contributed by atoms with Crippen molar-refractivity contribution in [1.82, 2.24) is 10.2 Å². The summed E-state index contributed by atoms with van der Waals surface area (Å²) in [5, 5.41) is 3.32. The van der Waals surface area contributed by atoms with Crippen LogP contribution in [-0.4, -0.2) is 49.7 Å². The van der Waals surface area contributed by atoms with E-state index in [1.54, 1.807) is 12.1 Å². The van der Waals surface area contributed by atoms with Crippen molar-refractivity contribution in [3.8, 4) is 0 Å². The lowest BCUT2D eigenvalue weighted by atomic mass is 10.1. The Hall–Kier alpha value is -1.46. The van der Waals surface area contributed by atoms with Gasteiger partial charge in [-0.15, -0.1) is 0 Å². The number of carbonyl (C=O) groups is 1. The van der Waals surface area contributed by atoms with Gasteiger partial charge >= 0.3 is 0 Å². The van der Waals surface area contributed by atoms with E-state index in [0.29, 0.717) is 39.3 Å². The van der Waals surface area contributed by atoms with Crippen molar-refractivity contribution in [2.45, 2.75) is 25.8 Å². The second-order valence-electron chi connectivity index (χ2n) is 5.43. The zero-order valence-corrected chi connectivity index (χ0v) is 12.5. The van der Waals surface area contributed by atoms with Gasteiger partial charge < -0.3 is 15.0 Å². The molecule has 4 nitrogen and oxygen atoms in total. The normalized spacial score (nSPS) is 16.8. The number of nitrogens with one attached hydrogen (secondary N) is 1. The van der Waals surface area contributed by atoms with Crippen LogP contribution in [0.2, 0.25) is 0 Å². The Balaban J connectivity index is 1.66. The number of carbonyl (C=O) groups excluding carboxylic acids is 1. The molecule has 1 amide bonds. The quantitative estimate of drug-likeness (QED) is 0.866. The van der Waals surface area contributed by atoms with E-state index in [9.17, 15) is 9.18 Å². The zero-order valence-electron chi connectivity index (χ0n) is 12.5. The van der Waals surface area contributed by atoms with Gasteiger partial charge in [-0.25, -0.2) is 4.39 Å². The molecule has 1 heterocycles. The van der Waals surface area contributed by atoms with E-state index in [1.807, 2.05) is 17.9 Å². The summed E-state index contributed by atoms with van der Waals surface area (Å²) in [6.07, 6.45) is 1.25. The Labute approximate surface area is 125 Å². The molecule has 1 atom stereocenters. The third-order valence-electron chi connectivity index (χ3n) is 3.63. The van der Waals surface area contributed by atoms with Crippen LogP contribution in [0.15, 0.2) is 24.3 Å². The largest absolute Gasteiger partial charge is 0.378 e. The summed E-state index contributed by atoms with van der Waals surface area (Å²) in [5.74, 6) is -0.0362. The summed E-state index contributed by atoms with van der Waals surface area (Å²) < 4.78 is 18.3. The Kier molecular flexibility index (Phi) is 6.14. The topological polar surface area (TPSA) is 41.6 Å². The van der Waals surface area contributed by atoms with Crippen LogP contribution in [0, 0.1) is 5.82 Å². The highest BCUT2D eigenvalue weighted by atomic mass is 19.1. The molecule has 1 N–H and O–H groups in total. The maximum atomic E-state index is 13.1. The average Bonchev–Trinajstić information content (AvgIpc) is 2.48. The fraction of sp³-hybridized carbons (Fsp3) is 0.562. The molecule has 5 heteroatoms. The smallest absolute Gasteiger partial charge is 0.224 e. The second-order valence-corrected chi connectivity index (χ2v) is 5.43. The number of ether oxygens (including phenoxy) is 1. The summed E-state index contributed by atoms with van der Waals surface area (Å²) in [6.45, 7) is 5.34. The Morgan fingerprint density at radius 1 is 1.43 bits per heavy atom. The summed E-state index contributed by atoms with van der Waals surface area (Å²) in [7, 11) is 0. The number of benzene rings is 1. The highest BCUT2D eigenvalue weighted by molar-refractivity contribution is 5.76. The highest BCUT2D eigenvalue weighted by Crippen LogP contribution is 2.06. The molecular formula is C16H23FN2O2. The summed E-state index contributed by atoms with van der Waals surface area (Å²) in [5.41, 5.74) is 0.967. The molecule has 1 aromatic carbocycles. The van der Waals surface area contributed by atoms with Crippen molar-refractivity contribution in [2.24, 2.45) is 0 Å². The predicted molar refractivity (Wildman–Crippen MR) is 79.6 cm³/mol. The molecule has 0 aliphatic carbocycles. The Morgan fingerprint density at radius 2 is 2.19 bits per heavy atom. The van der Waals surface area contributed by atoms with Crippen molar-refractivity contribution in [1.29, 1.82) is 0 Å². The van der Waals surface area contributed by atoms with E-state index >= 15 is 0 Å². The van der Waals surface area contributed by atoms with E-state index in [4.69, 9.17) is 4.74 Å². The minimum absolute atomic E-state index is 0.170. The van der Waals surface area contributed by atoms with Gasteiger partial charge in [0.1, 0.15) is 5.82 Å². The molecule has 0 aromatic heterocycles. The number of halogens is 1. The van der Waals surface area contributed by atoms with Gasteiger partial charge in [-0.2, -0.15) is 0 Å². The zero-order chi connectivity index (χ0) is 15.1. The molecule has 0 bridgehead atoms. The first-order chi connectivity index (χ1) is 10.1. The molecule has 0 saturated carbocycles. The number of rotatable bonds is 6. The molecule has 1 aromatic rings. The van der Waals surface area contributed by atoms with Crippen molar-refractivity contribution in [3.63, 3.8) is 0 Å². The maximum Gasteiger partial charge on any atom is 0.224 e. The van der Waals surface area contributed by atoms with Gasteiger partial charge in [0.05, 0.1) is 13.2 Å². The van der Waals surface area contributed by atoms with E-state index < -0.39 is 0 Å². The molecule has 1 unspecified atom stereocenters. The average molecular weight is 294 g/mol. The van der Waals surface area contributed by atoms with Gasteiger partial charge in [0.25, 0.3) is 0 Å². The molecule has 0 radical (unpaired) electrons. The van der Waals surface area contributed by atoms with Crippen LogP contribution in [0.5, 0.6) is 0 Å². The summed E-state index contributed by atoms with van der Waals surface area (Å²) in [6, 6.07) is 6.85. The molecule has 21 heavy (non-hydrogen) atoms. The maximum absolute atomic E-state index is 13.1. The van der Waals surface area contributed by atoms with Crippen molar-refractivity contribution >= 4 is 5.91 Å². The highest BCUT2D eigenvalue weighted by Gasteiger charge is 2.16. The van der Waals surface area contributed by atoms with Crippen LogP contribution >= 0.6 is 0 Å². The lowest BCUT2D eigenvalue weighted by molar-refractivity contribution is -0.135. The van der Waals surface area contributed by atoms with Crippen molar-refractivity contribution < 1.29 is 13.9 Å². The van der Waals surface area contributed by atoms with Crippen LogP contribution in [0.25, 0.3) is 0 Å². The predicted octanol–water partition coefficient (Wildman–Crippen LogP) is 1.60. The van der Waals surface area contributed by atoms with Crippen molar-refractivity contribution in [2.75, 3.05) is 32.8 Å². The van der Waals surface area contributed by atoms with Crippen LogP contribution < -0.4 is 5.32 Å². The molecule has 1 fully saturated rings.